The number of imidazole rings is 1. The van der Waals surface area contributed by atoms with Crippen LogP contribution in [-0.2, 0) is 10.1 Å². The van der Waals surface area contributed by atoms with Crippen molar-refractivity contribution in [1.29, 1.82) is 0 Å². The van der Waals surface area contributed by atoms with E-state index in [4.69, 9.17) is 8.92 Å². The summed E-state index contributed by atoms with van der Waals surface area (Å²) in [6, 6.07) is 13.2. The van der Waals surface area contributed by atoms with Crippen molar-refractivity contribution in [1.82, 2.24) is 9.97 Å². The summed E-state index contributed by atoms with van der Waals surface area (Å²) in [5.41, 5.74) is 1.35. The highest BCUT2D eigenvalue weighted by molar-refractivity contribution is 7.87. The Morgan fingerprint density at radius 2 is 1.82 bits per heavy atom. The zero-order valence-corrected chi connectivity index (χ0v) is 12.6. The Kier molecular flexibility index (Phi) is 3.72. The molecule has 2 aromatic carbocycles. The van der Waals surface area contributed by atoms with E-state index in [1.165, 1.54) is 12.1 Å². The number of nitrogens with zero attached hydrogens (tertiary/aromatic N) is 1. The number of hydrogen-bond acceptors (Lipinski definition) is 5. The van der Waals surface area contributed by atoms with Crippen LogP contribution in [0.15, 0.2) is 53.4 Å². The van der Waals surface area contributed by atoms with Crippen LogP contribution in [0.3, 0.4) is 0 Å². The molecule has 1 aromatic heterocycles. The molecule has 0 fully saturated rings. The highest BCUT2D eigenvalue weighted by Gasteiger charge is 2.18. The number of hydrogen-bond donors (Lipinski definition) is 1. The van der Waals surface area contributed by atoms with E-state index in [1.807, 2.05) is 19.1 Å². The number of rotatable bonds is 5. The van der Waals surface area contributed by atoms with Crippen LogP contribution in [0.2, 0.25) is 0 Å². The maximum absolute atomic E-state index is 12.2. The molecule has 0 saturated heterocycles. The first-order valence-corrected chi connectivity index (χ1v) is 8.11. The molecule has 0 bridgehead atoms. The molecule has 22 heavy (non-hydrogen) atoms. The van der Waals surface area contributed by atoms with E-state index in [0.717, 1.165) is 0 Å². The number of H-pyrrole nitrogens is 1. The quantitative estimate of drug-likeness (QED) is 0.732. The van der Waals surface area contributed by atoms with Gasteiger partial charge >= 0.3 is 16.1 Å². The van der Waals surface area contributed by atoms with Crippen LogP contribution in [0.1, 0.15) is 6.92 Å². The van der Waals surface area contributed by atoms with Gasteiger partial charge in [-0.05, 0) is 43.3 Å². The molecule has 114 valence electrons. The van der Waals surface area contributed by atoms with Gasteiger partial charge in [0.2, 0.25) is 0 Å². The predicted molar refractivity (Wildman–Crippen MR) is 81.5 cm³/mol. The smallest absolute Gasteiger partial charge is 0.341 e. The summed E-state index contributed by atoms with van der Waals surface area (Å²) in [5.74, 6) is 0.602. The first-order valence-electron chi connectivity index (χ1n) is 6.70. The molecule has 0 atom stereocenters. The van der Waals surface area contributed by atoms with Crippen molar-refractivity contribution in [2.45, 2.75) is 11.8 Å². The van der Waals surface area contributed by atoms with E-state index < -0.39 is 10.1 Å². The standard InChI is InChI=1S/C15H14N2O4S/c1-2-20-11-7-9-12(10-8-11)22(18,19)21-15-16-13-5-3-4-6-14(13)17-15/h3-10H,2H2,1H3,(H,16,17). The maximum Gasteiger partial charge on any atom is 0.341 e. The Morgan fingerprint density at radius 3 is 2.50 bits per heavy atom. The molecule has 7 heteroatoms. The van der Waals surface area contributed by atoms with Gasteiger partial charge in [-0.15, -0.1) is 0 Å². The molecule has 1 N–H and O–H groups in total. The van der Waals surface area contributed by atoms with Crippen molar-refractivity contribution in [2.75, 3.05) is 6.61 Å². The molecular formula is C15H14N2O4S. The number of aromatic nitrogens is 2. The van der Waals surface area contributed by atoms with Crippen LogP contribution in [0, 0.1) is 0 Å². The van der Waals surface area contributed by atoms with Crippen LogP contribution < -0.4 is 8.92 Å². The third-order valence-corrected chi connectivity index (χ3v) is 4.21. The van der Waals surface area contributed by atoms with Crippen molar-refractivity contribution < 1.29 is 17.3 Å². The Labute approximate surface area is 127 Å². The SMILES string of the molecule is CCOc1ccc(S(=O)(=O)Oc2nc3ccccc3[nH]2)cc1. The van der Waals surface area contributed by atoms with Gasteiger partial charge in [0, 0.05) is 0 Å². The fraction of sp³-hybridized carbons (Fsp3) is 0.133. The van der Waals surface area contributed by atoms with Crippen LogP contribution in [-0.4, -0.2) is 25.0 Å². The van der Waals surface area contributed by atoms with Crippen molar-refractivity contribution in [3.05, 3.63) is 48.5 Å². The van der Waals surface area contributed by atoms with Crippen LogP contribution in [0.25, 0.3) is 11.0 Å². The minimum Gasteiger partial charge on any atom is -0.494 e. The van der Waals surface area contributed by atoms with Crippen molar-refractivity contribution in [2.24, 2.45) is 0 Å². The van der Waals surface area contributed by atoms with Crippen LogP contribution in [0.5, 0.6) is 11.8 Å². The number of benzene rings is 2. The van der Waals surface area contributed by atoms with Gasteiger partial charge in [-0.1, -0.05) is 12.1 Å². The molecule has 0 saturated carbocycles. The van der Waals surface area contributed by atoms with Gasteiger partial charge in [0.05, 0.1) is 17.6 Å². The highest BCUT2D eigenvalue weighted by atomic mass is 32.2. The molecule has 0 aliphatic rings. The zero-order valence-electron chi connectivity index (χ0n) is 11.8. The summed E-state index contributed by atoms with van der Waals surface area (Å²) >= 11 is 0. The second-order valence-corrected chi connectivity index (χ2v) is 6.05. The average Bonchev–Trinajstić information content (AvgIpc) is 2.89. The molecule has 0 amide bonds. The van der Waals surface area contributed by atoms with E-state index in [9.17, 15) is 8.42 Å². The van der Waals surface area contributed by atoms with Gasteiger partial charge in [0.25, 0.3) is 0 Å². The maximum atomic E-state index is 12.2. The fourth-order valence-electron chi connectivity index (χ4n) is 1.99. The van der Waals surface area contributed by atoms with E-state index >= 15 is 0 Å². The van der Waals surface area contributed by atoms with Gasteiger partial charge in [-0.2, -0.15) is 13.4 Å². The highest BCUT2D eigenvalue weighted by Crippen LogP contribution is 2.21. The Bertz CT molecular complexity index is 852. The van der Waals surface area contributed by atoms with Crippen molar-refractivity contribution in [3.63, 3.8) is 0 Å². The Balaban J connectivity index is 1.86. The molecule has 3 rings (SSSR count). The van der Waals surface area contributed by atoms with Crippen molar-refractivity contribution in [3.8, 4) is 11.8 Å². The average molecular weight is 318 g/mol. The summed E-state index contributed by atoms with van der Waals surface area (Å²) in [4.78, 5) is 6.94. The van der Waals surface area contributed by atoms with Gasteiger partial charge < -0.3 is 13.9 Å². The second kappa shape index (κ2) is 5.69. The zero-order chi connectivity index (χ0) is 15.6. The summed E-state index contributed by atoms with van der Waals surface area (Å²) in [5, 5.41) is 0. The number of ether oxygens (including phenoxy) is 1. The molecule has 0 aliphatic heterocycles. The van der Waals surface area contributed by atoms with Gasteiger partial charge in [0.15, 0.2) is 0 Å². The van der Waals surface area contributed by atoms with E-state index in [-0.39, 0.29) is 10.9 Å². The van der Waals surface area contributed by atoms with E-state index in [0.29, 0.717) is 23.4 Å². The first kappa shape index (κ1) is 14.4. The molecule has 0 aliphatic carbocycles. The first-order chi connectivity index (χ1) is 10.6. The minimum atomic E-state index is -3.94. The summed E-state index contributed by atoms with van der Waals surface area (Å²) in [6.45, 7) is 2.37. The topological polar surface area (TPSA) is 81.3 Å². The van der Waals surface area contributed by atoms with Crippen molar-refractivity contribution >= 4 is 21.2 Å². The Hall–Kier alpha value is -2.54. The number of para-hydroxylation sites is 2. The molecule has 0 radical (unpaired) electrons. The monoisotopic (exact) mass is 318 g/mol. The predicted octanol–water partition coefficient (Wildman–Crippen LogP) is 2.73. The normalized spacial score (nSPS) is 11.5. The Morgan fingerprint density at radius 1 is 1.09 bits per heavy atom. The van der Waals surface area contributed by atoms with Crippen LogP contribution >= 0.6 is 0 Å². The minimum absolute atomic E-state index is 0.0383. The lowest BCUT2D eigenvalue weighted by Crippen LogP contribution is -2.10. The number of nitrogens with one attached hydrogen (secondary N) is 1. The molecule has 0 unspecified atom stereocenters. The lowest BCUT2D eigenvalue weighted by Gasteiger charge is -2.06. The summed E-state index contributed by atoms with van der Waals surface area (Å²) in [7, 11) is -3.94. The summed E-state index contributed by atoms with van der Waals surface area (Å²) < 4.78 is 34.8. The molecule has 1 heterocycles. The molecule has 6 nitrogen and oxygen atoms in total. The fourth-order valence-corrected chi connectivity index (χ4v) is 2.84. The molecule has 0 spiro atoms. The lowest BCUT2D eigenvalue weighted by molar-refractivity contribution is 0.340. The number of aromatic amines is 1. The second-order valence-electron chi connectivity index (χ2n) is 4.50. The van der Waals surface area contributed by atoms with Crippen LogP contribution in [0.4, 0.5) is 0 Å². The van der Waals surface area contributed by atoms with Gasteiger partial charge in [0.1, 0.15) is 10.6 Å². The van der Waals surface area contributed by atoms with Gasteiger partial charge in [-0.3, -0.25) is 0 Å². The van der Waals surface area contributed by atoms with Gasteiger partial charge in [-0.25, -0.2) is 0 Å². The lowest BCUT2D eigenvalue weighted by atomic mass is 10.3. The summed E-state index contributed by atoms with van der Waals surface area (Å²) in [6.07, 6.45) is 0. The third kappa shape index (κ3) is 2.89. The largest absolute Gasteiger partial charge is 0.494 e. The number of fused-ring (bicyclic) bond motifs is 1. The third-order valence-electron chi connectivity index (χ3n) is 2.98. The molecule has 3 aromatic rings. The van der Waals surface area contributed by atoms with E-state index in [1.54, 1.807) is 24.3 Å². The van der Waals surface area contributed by atoms with E-state index in [2.05, 4.69) is 9.97 Å². The molecular weight excluding hydrogens is 304 g/mol.